The van der Waals surface area contributed by atoms with Gasteiger partial charge >= 0.3 is 0 Å². The Morgan fingerprint density at radius 3 is 2.20 bits per heavy atom. The summed E-state index contributed by atoms with van der Waals surface area (Å²) in [6.45, 7) is 6.31. The van der Waals surface area contributed by atoms with Crippen molar-refractivity contribution in [2.24, 2.45) is 0 Å². The lowest BCUT2D eigenvalue weighted by molar-refractivity contribution is -0.120. The molecule has 132 valence electrons. The van der Waals surface area contributed by atoms with Crippen LogP contribution in [-0.2, 0) is 4.79 Å². The summed E-state index contributed by atoms with van der Waals surface area (Å²) in [5.41, 5.74) is 7.33. The van der Waals surface area contributed by atoms with E-state index >= 15 is 0 Å². The summed E-state index contributed by atoms with van der Waals surface area (Å²) in [6, 6.07) is 15.0. The van der Waals surface area contributed by atoms with Gasteiger partial charge in [0, 0.05) is 21.4 Å². The van der Waals surface area contributed by atoms with E-state index in [2.05, 4.69) is 30.0 Å². The number of benzene rings is 2. The molecule has 0 saturated carbocycles. The van der Waals surface area contributed by atoms with Crippen molar-refractivity contribution in [1.82, 2.24) is 10.9 Å². The van der Waals surface area contributed by atoms with Crippen LogP contribution in [0.5, 0.6) is 0 Å². The zero-order chi connectivity index (χ0) is 18.2. The first-order valence-electron chi connectivity index (χ1n) is 8.10. The third kappa shape index (κ3) is 6.51. The minimum Gasteiger partial charge on any atom is -0.376 e. The number of rotatable bonds is 6. The molecule has 0 aliphatic carbocycles. The molecule has 0 aliphatic heterocycles. The molecule has 2 amide bonds. The van der Waals surface area contributed by atoms with Crippen molar-refractivity contribution in [3.05, 3.63) is 59.7 Å². The van der Waals surface area contributed by atoms with E-state index in [9.17, 15) is 9.59 Å². The molecule has 0 atom stereocenters. The predicted molar refractivity (Wildman–Crippen MR) is 103 cm³/mol. The van der Waals surface area contributed by atoms with Crippen LogP contribution in [0.25, 0.3) is 0 Å². The first-order chi connectivity index (χ1) is 11.9. The highest BCUT2D eigenvalue weighted by atomic mass is 32.2. The van der Waals surface area contributed by atoms with Gasteiger partial charge in [-0.15, -0.1) is 11.8 Å². The van der Waals surface area contributed by atoms with E-state index in [1.165, 1.54) is 0 Å². The average molecular weight is 357 g/mol. The average Bonchev–Trinajstić information content (AvgIpc) is 2.59. The Morgan fingerprint density at radius 2 is 1.60 bits per heavy atom. The Morgan fingerprint density at radius 1 is 0.960 bits per heavy atom. The lowest BCUT2D eigenvalue weighted by Gasteiger charge is -2.10. The van der Waals surface area contributed by atoms with Gasteiger partial charge in [0.1, 0.15) is 0 Å². The van der Waals surface area contributed by atoms with E-state index in [0.717, 1.165) is 16.1 Å². The molecule has 2 rings (SSSR count). The van der Waals surface area contributed by atoms with Gasteiger partial charge in [-0.3, -0.25) is 20.4 Å². The smallest absolute Gasteiger partial charge is 0.269 e. The Labute approximate surface area is 152 Å². The van der Waals surface area contributed by atoms with Crippen LogP contribution in [0.15, 0.2) is 53.4 Å². The van der Waals surface area contributed by atoms with Crippen LogP contribution >= 0.6 is 11.8 Å². The molecule has 0 unspecified atom stereocenters. The van der Waals surface area contributed by atoms with Crippen molar-refractivity contribution in [2.45, 2.75) is 30.9 Å². The number of nitrogens with one attached hydrogen (secondary N) is 3. The molecule has 0 fully saturated rings. The summed E-state index contributed by atoms with van der Waals surface area (Å²) in [4.78, 5) is 25.0. The molecule has 3 N–H and O–H groups in total. The largest absolute Gasteiger partial charge is 0.376 e. The Bertz CT molecular complexity index is 712. The van der Waals surface area contributed by atoms with Gasteiger partial charge in [0.15, 0.2) is 0 Å². The monoisotopic (exact) mass is 357 g/mol. The molecule has 0 aromatic heterocycles. The summed E-state index contributed by atoms with van der Waals surface area (Å²) in [7, 11) is 0. The van der Waals surface area contributed by atoms with Crippen molar-refractivity contribution in [3.63, 3.8) is 0 Å². The lowest BCUT2D eigenvalue weighted by Crippen LogP contribution is -2.44. The van der Waals surface area contributed by atoms with E-state index < -0.39 is 0 Å². The molecule has 2 aromatic carbocycles. The number of amides is 2. The van der Waals surface area contributed by atoms with Crippen molar-refractivity contribution in [2.75, 3.05) is 11.9 Å². The summed E-state index contributed by atoms with van der Waals surface area (Å²) >= 11 is 1.73. The molecular formula is C19H23N3O2S. The second kappa shape index (κ2) is 9.13. The summed E-state index contributed by atoms with van der Waals surface area (Å²) < 4.78 is 0. The Hall–Kier alpha value is -2.47. The zero-order valence-corrected chi connectivity index (χ0v) is 15.4. The van der Waals surface area contributed by atoms with Crippen LogP contribution in [0.2, 0.25) is 0 Å². The van der Waals surface area contributed by atoms with E-state index in [0.29, 0.717) is 10.8 Å². The van der Waals surface area contributed by atoms with Gasteiger partial charge in [-0.1, -0.05) is 31.5 Å². The van der Waals surface area contributed by atoms with Crippen molar-refractivity contribution >= 4 is 29.3 Å². The van der Waals surface area contributed by atoms with Crippen molar-refractivity contribution < 1.29 is 9.59 Å². The highest BCUT2D eigenvalue weighted by Gasteiger charge is 2.08. The van der Waals surface area contributed by atoms with Gasteiger partial charge < -0.3 is 5.32 Å². The fourth-order valence-corrected chi connectivity index (χ4v) is 2.89. The van der Waals surface area contributed by atoms with Gasteiger partial charge in [-0.2, -0.15) is 0 Å². The molecule has 0 radical (unpaired) electrons. The third-order valence-electron chi connectivity index (χ3n) is 3.31. The number of thioether (sulfide) groups is 1. The van der Waals surface area contributed by atoms with E-state index in [1.54, 1.807) is 23.9 Å². The highest BCUT2D eigenvalue weighted by molar-refractivity contribution is 7.99. The predicted octanol–water partition coefficient (Wildman–Crippen LogP) is 3.37. The van der Waals surface area contributed by atoms with Crippen LogP contribution in [0, 0.1) is 6.92 Å². The molecule has 6 heteroatoms. The van der Waals surface area contributed by atoms with Gasteiger partial charge in [0.05, 0.1) is 6.54 Å². The normalized spacial score (nSPS) is 10.4. The zero-order valence-electron chi connectivity index (χ0n) is 14.6. The lowest BCUT2D eigenvalue weighted by atomic mass is 10.2. The molecule has 0 aliphatic rings. The molecule has 25 heavy (non-hydrogen) atoms. The number of aryl methyl sites for hydroxylation is 1. The molecule has 5 nitrogen and oxygen atoms in total. The number of hydrazine groups is 1. The van der Waals surface area contributed by atoms with E-state index in [1.807, 2.05) is 43.3 Å². The SMILES string of the molecule is Cc1ccc(NCC(=O)NNC(=O)c2ccc(SC(C)C)cc2)cc1. The summed E-state index contributed by atoms with van der Waals surface area (Å²) in [5.74, 6) is -0.661. The van der Waals surface area contributed by atoms with Crippen LogP contribution in [0.1, 0.15) is 29.8 Å². The van der Waals surface area contributed by atoms with Crippen LogP contribution in [-0.4, -0.2) is 23.6 Å². The molecule has 0 bridgehead atoms. The third-order valence-corrected chi connectivity index (χ3v) is 4.32. The van der Waals surface area contributed by atoms with E-state index in [4.69, 9.17) is 0 Å². The van der Waals surface area contributed by atoms with Crippen molar-refractivity contribution in [3.8, 4) is 0 Å². The first kappa shape index (κ1) is 18.9. The van der Waals surface area contributed by atoms with Crippen LogP contribution in [0.4, 0.5) is 5.69 Å². The molecule has 0 heterocycles. The van der Waals surface area contributed by atoms with Crippen LogP contribution in [0.3, 0.4) is 0 Å². The van der Waals surface area contributed by atoms with Gasteiger partial charge in [0.25, 0.3) is 11.8 Å². The topological polar surface area (TPSA) is 70.2 Å². The fraction of sp³-hybridized carbons (Fsp3) is 0.263. The second-order valence-corrected chi connectivity index (χ2v) is 7.56. The van der Waals surface area contributed by atoms with Gasteiger partial charge in [-0.05, 0) is 43.3 Å². The van der Waals surface area contributed by atoms with Crippen LogP contribution < -0.4 is 16.2 Å². The quantitative estimate of drug-likeness (QED) is 0.548. The molecule has 0 spiro atoms. The van der Waals surface area contributed by atoms with Gasteiger partial charge in [0.2, 0.25) is 0 Å². The highest BCUT2D eigenvalue weighted by Crippen LogP contribution is 2.22. The summed E-state index contributed by atoms with van der Waals surface area (Å²) in [6.07, 6.45) is 0. The maximum absolute atomic E-state index is 12.0. The Kier molecular flexibility index (Phi) is 6.89. The Balaban J connectivity index is 1.76. The van der Waals surface area contributed by atoms with E-state index in [-0.39, 0.29) is 18.4 Å². The molecule has 0 saturated heterocycles. The molecule has 2 aromatic rings. The van der Waals surface area contributed by atoms with Crippen molar-refractivity contribution in [1.29, 1.82) is 0 Å². The minimum absolute atomic E-state index is 0.0767. The number of hydrogen-bond acceptors (Lipinski definition) is 4. The standard InChI is InChI=1S/C19H23N3O2S/c1-13(2)25-17-10-6-15(7-11-17)19(24)22-21-18(23)12-20-16-8-4-14(3)5-9-16/h4-11,13,20H,12H2,1-3H3,(H,21,23)(H,22,24). The maximum atomic E-state index is 12.0. The number of carbonyl (C=O) groups is 2. The number of hydrogen-bond donors (Lipinski definition) is 3. The summed E-state index contributed by atoms with van der Waals surface area (Å²) in [5, 5.41) is 3.48. The second-order valence-electron chi connectivity index (χ2n) is 5.91. The maximum Gasteiger partial charge on any atom is 0.269 e. The minimum atomic E-state index is -0.343. The molecular weight excluding hydrogens is 334 g/mol. The van der Waals surface area contributed by atoms with Gasteiger partial charge in [-0.25, -0.2) is 0 Å². The fourth-order valence-electron chi connectivity index (χ4n) is 2.05. The first-order valence-corrected chi connectivity index (χ1v) is 8.98. The number of anilines is 1. The number of carbonyl (C=O) groups excluding carboxylic acids is 2.